The average Bonchev–Trinajstić information content (AvgIpc) is 3.27. The molecule has 9 nitrogen and oxygen atoms in total. The van der Waals surface area contributed by atoms with Crippen LogP contribution in [0.3, 0.4) is 0 Å². The molecule has 0 saturated heterocycles. The molecule has 0 unspecified atom stereocenters. The van der Waals surface area contributed by atoms with Gasteiger partial charge in [0.15, 0.2) is 22.4 Å². The maximum atomic E-state index is 13.7. The van der Waals surface area contributed by atoms with Crippen LogP contribution in [0.5, 0.6) is 17.2 Å². The van der Waals surface area contributed by atoms with Gasteiger partial charge in [-0.05, 0) is 50.3 Å². The van der Waals surface area contributed by atoms with Crippen LogP contribution in [0.15, 0.2) is 64.3 Å². The second-order valence-corrected chi connectivity index (χ2v) is 8.14. The van der Waals surface area contributed by atoms with Gasteiger partial charge in [-0.1, -0.05) is 23.4 Å². The average molecular weight is 495 g/mol. The fraction of sp³-hybridized carbons (Fsp3) is 0.240. The molecule has 0 spiro atoms. The van der Waals surface area contributed by atoms with Crippen molar-refractivity contribution < 1.29 is 23.5 Å². The molecule has 0 saturated carbocycles. The predicted molar refractivity (Wildman–Crippen MR) is 136 cm³/mol. The molecule has 0 aliphatic carbocycles. The number of aromatic nitrogens is 1. The highest BCUT2D eigenvalue weighted by Crippen LogP contribution is 2.45. The number of anilines is 2. The second-order valence-electron chi connectivity index (χ2n) is 7.75. The standard InChI is InChI=1S/C25H26N4O5S/c1-14-13-19(28-34-14)26-24(30)20-15(2)29(16-9-7-6-8-10-16)25(35)27-21(20)17-11-12-18(31-3)23(33-5)22(17)32-4/h6-13,21H,1-5H3,(H,27,35)(H,26,28,30)/t21-/m1/s1. The minimum atomic E-state index is -0.648. The number of para-hydroxylation sites is 1. The van der Waals surface area contributed by atoms with Crippen molar-refractivity contribution in [2.24, 2.45) is 0 Å². The fourth-order valence-corrected chi connectivity index (χ4v) is 4.48. The molecule has 2 N–H and O–H groups in total. The number of benzene rings is 2. The van der Waals surface area contributed by atoms with Crippen molar-refractivity contribution in [3.05, 3.63) is 71.1 Å². The van der Waals surface area contributed by atoms with E-state index in [1.165, 1.54) is 14.2 Å². The highest BCUT2D eigenvalue weighted by Gasteiger charge is 2.37. The van der Waals surface area contributed by atoms with Crippen LogP contribution in [-0.2, 0) is 4.79 Å². The quantitative estimate of drug-likeness (QED) is 0.464. The number of hydrogen-bond acceptors (Lipinski definition) is 7. The molecule has 1 aromatic heterocycles. The minimum absolute atomic E-state index is 0.310. The number of methoxy groups -OCH3 is 3. The summed E-state index contributed by atoms with van der Waals surface area (Å²) in [7, 11) is 4.61. The van der Waals surface area contributed by atoms with Crippen LogP contribution < -0.4 is 29.7 Å². The molecular weight excluding hydrogens is 468 g/mol. The van der Waals surface area contributed by atoms with Crippen molar-refractivity contribution in [2.75, 3.05) is 31.5 Å². The molecule has 0 radical (unpaired) electrons. The Morgan fingerprint density at radius 2 is 1.77 bits per heavy atom. The zero-order valence-corrected chi connectivity index (χ0v) is 20.9. The maximum absolute atomic E-state index is 13.7. The van der Waals surface area contributed by atoms with Gasteiger partial charge in [0.25, 0.3) is 5.91 Å². The molecular formula is C25H26N4O5S. The van der Waals surface area contributed by atoms with Crippen LogP contribution >= 0.6 is 12.2 Å². The third-order valence-electron chi connectivity index (χ3n) is 5.66. The first-order chi connectivity index (χ1) is 16.9. The summed E-state index contributed by atoms with van der Waals surface area (Å²) < 4.78 is 21.8. The Hall–Kier alpha value is -4.05. The van der Waals surface area contributed by atoms with Gasteiger partial charge in [0.05, 0.1) is 32.9 Å². The summed E-state index contributed by atoms with van der Waals surface area (Å²) in [6, 6.07) is 14.2. The Morgan fingerprint density at radius 3 is 2.37 bits per heavy atom. The molecule has 10 heteroatoms. The summed E-state index contributed by atoms with van der Waals surface area (Å²) in [5, 5.41) is 10.5. The van der Waals surface area contributed by atoms with Crippen LogP contribution in [0.25, 0.3) is 0 Å². The molecule has 0 bridgehead atoms. The van der Waals surface area contributed by atoms with Crippen LogP contribution in [0.2, 0.25) is 0 Å². The summed E-state index contributed by atoms with van der Waals surface area (Å²) in [5.74, 6) is 1.87. The summed E-state index contributed by atoms with van der Waals surface area (Å²) >= 11 is 5.75. The Morgan fingerprint density at radius 1 is 1.06 bits per heavy atom. The third kappa shape index (κ3) is 4.52. The van der Waals surface area contributed by atoms with Gasteiger partial charge in [-0.2, -0.15) is 0 Å². The summed E-state index contributed by atoms with van der Waals surface area (Å²) in [6.07, 6.45) is 0. The molecule has 1 aliphatic rings. The first-order valence-corrected chi connectivity index (χ1v) is 11.2. The van der Waals surface area contributed by atoms with Gasteiger partial charge in [-0.3, -0.25) is 9.69 Å². The molecule has 1 atom stereocenters. The number of rotatable bonds is 7. The van der Waals surface area contributed by atoms with E-state index >= 15 is 0 Å². The lowest BCUT2D eigenvalue weighted by Gasteiger charge is -2.38. The Bertz CT molecular complexity index is 1290. The van der Waals surface area contributed by atoms with E-state index in [0.717, 1.165) is 5.69 Å². The second kappa shape index (κ2) is 10.1. The van der Waals surface area contributed by atoms with E-state index in [1.54, 1.807) is 26.2 Å². The molecule has 0 fully saturated rings. The zero-order valence-electron chi connectivity index (χ0n) is 20.0. The number of nitrogens with zero attached hydrogens (tertiary/aromatic N) is 2. The topological polar surface area (TPSA) is 98.1 Å². The summed E-state index contributed by atoms with van der Waals surface area (Å²) in [5.41, 5.74) is 2.55. The molecule has 1 amide bonds. The number of hydrogen-bond donors (Lipinski definition) is 2. The van der Waals surface area contributed by atoms with E-state index in [0.29, 0.717) is 50.8 Å². The number of amides is 1. The summed E-state index contributed by atoms with van der Waals surface area (Å²) in [4.78, 5) is 15.5. The van der Waals surface area contributed by atoms with E-state index in [4.69, 9.17) is 31.0 Å². The largest absolute Gasteiger partial charge is 0.493 e. The number of nitrogens with one attached hydrogen (secondary N) is 2. The van der Waals surface area contributed by atoms with E-state index in [2.05, 4.69) is 15.8 Å². The molecule has 2 aromatic carbocycles. The smallest absolute Gasteiger partial charge is 0.257 e. The summed E-state index contributed by atoms with van der Waals surface area (Å²) in [6.45, 7) is 3.60. The zero-order chi connectivity index (χ0) is 25.1. The number of thiocarbonyl (C=S) groups is 1. The monoisotopic (exact) mass is 494 g/mol. The van der Waals surface area contributed by atoms with Gasteiger partial charge < -0.3 is 29.4 Å². The van der Waals surface area contributed by atoms with Gasteiger partial charge in [0, 0.05) is 23.0 Å². The first kappa shape index (κ1) is 24.1. The Kier molecular flexibility index (Phi) is 6.92. The molecule has 4 rings (SSSR count). The number of carbonyl (C=O) groups excluding carboxylic acids is 1. The van der Waals surface area contributed by atoms with Crippen molar-refractivity contribution in [3.8, 4) is 17.2 Å². The van der Waals surface area contributed by atoms with Crippen LogP contribution in [0.4, 0.5) is 11.5 Å². The molecule has 1 aliphatic heterocycles. The molecule has 3 aromatic rings. The van der Waals surface area contributed by atoms with Crippen molar-refractivity contribution in [3.63, 3.8) is 0 Å². The number of aryl methyl sites for hydroxylation is 1. The molecule has 2 heterocycles. The highest BCUT2D eigenvalue weighted by atomic mass is 32.1. The van der Waals surface area contributed by atoms with Gasteiger partial charge in [-0.15, -0.1) is 0 Å². The van der Waals surface area contributed by atoms with Gasteiger partial charge in [0.1, 0.15) is 5.76 Å². The van der Waals surface area contributed by atoms with Crippen molar-refractivity contribution in [1.82, 2.24) is 10.5 Å². The molecule has 35 heavy (non-hydrogen) atoms. The van der Waals surface area contributed by atoms with Crippen LogP contribution in [0, 0.1) is 6.92 Å². The van der Waals surface area contributed by atoms with E-state index in [-0.39, 0.29) is 5.91 Å². The van der Waals surface area contributed by atoms with Crippen molar-refractivity contribution in [1.29, 1.82) is 0 Å². The fourth-order valence-electron chi connectivity index (χ4n) is 4.12. The maximum Gasteiger partial charge on any atom is 0.257 e. The highest BCUT2D eigenvalue weighted by molar-refractivity contribution is 7.80. The Balaban J connectivity index is 1.88. The number of ether oxygens (including phenoxy) is 3. The SMILES string of the molecule is COc1ccc([C@H]2NC(=S)N(c3ccccc3)C(C)=C2C(=O)Nc2cc(C)on2)c(OC)c1OC. The van der Waals surface area contributed by atoms with Gasteiger partial charge in [0.2, 0.25) is 5.75 Å². The van der Waals surface area contributed by atoms with E-state index < -0.39 is 6.04 Å². The van der Waals surface area contributed by atoms with Gasteiger partial charge in [-0.25, -0.2) is 0 Å². The number of allylic oxidation sites excluding steroid dienone is 1. The normalized spacial score (nSPS) is 15.5. The lowest BCUT2D eigenvalue weighted by molar-refractivity contribution is -0.113. The predicted octanol–water partition coefficient (Wildman–Crippen LogP) is 4.36. The lowest BCUT2D eigenvalue weighted by Crippen LogP contribution is -2.48. The van der Waals surface area contributed by atoms with Crippen molar-refractivity contribution >= 4 is 34.7 Å². The third-order valence-corrected chi connectivity index (χ3v) is 5.96. The number of carbonyl (C=O) groups is 1. The van der Waals surface area contributed by atoms with E-state index in [9.17, 15) is 4.79 Å². The van der Waals surface area contributed by atoms with Crippen LogP contribution in [0.1, 0.15) is 24.3 Å². The lowest BCUT2D eigenvalue weighted by atomic mass is 9.92. The van der Waals surface area contributed by atoms with Crippen LogP contribution in [-0.4, -0.2) is 37.5 Å². The molecule has 182 valence electrons. The van der Waals surface area contributed by atoms with Crippen molar-refractivity contribution in [2.45, 2.75) is 19.9 Å². The first-order valence-electron chi connectivity index (χ1n) is 10.8. The minimum Gasteiger partial charge on any atom is -0.493 e. The van der Waals surface area contributed by atoms with Gasteiger partial charge >= 0.3 is 0 Å². The Labute approximate surface area is 208 Å². The van der Waals surface area contributed by atoms with E-state index in [1.807, 2.05) is 48.2 Å².